The summed E-state index contributed by atoms with van der Waals surface area (Å²) in [6.07, 6.45) is 0. The van der Waals surface area contributed by atoms with Gasteiger partial charge in [0, 0.05) is 5.56 Å². The number of hydrogen-bond donors (Lipinski definition) is 1. The van der Waals surface area contributed by atoms with Crippen LogP contribution >= 0.6 is 0 Å². The molecule has 0 aliphatic rings. The van der Waals surface area contributed by atoms with E-state index < -0.39 is 12.5 Å². The van der Waals surface area contributed by atoms with Gasteiger partial charge in [-0.25, -0.2) is 0 Å². The van der Waals surface area contributed by atoms with Crippen LogP contribution in [0.3, 0.4) is 0 Å². The third-order valence-electron chi connectivity index (χ3n) is 2.03. The van der Waals surface area contributed by atoms with Gasteiger partial charge < -0.3 is 5.73 Å². The standard InChI is InChI=1S/C10H13F2N/c1-7-3-4-9(8(2)5-7)10(11,12)6-13/h3-5H,6,13H2,1-2H3. The number of halogens is 2. The maximum absolute atomic E-state index is 13.2. The van der Waals surface area contributed by atoms with Crippen molar-refractivity contribution in [2.24, 2.45) is 5.73 Å². The van der Waals surface area contributed by atoms with Crippen molar-refractivity contribution in [3.8, 4) is 0 Å². The maximum atomic E-state index is 13.2. The van der Waals surface area contributed by atoms with Crippen molar-refractivity contribution in [3.63, 3.8) is 0 Å². The topological polar surface area (TPSA) is 26.0 Å². The fraction of sp³-hybridized carbons (Fsp3) is 0.400. The molecule has 72 valence electrons. The van der Waals surface area contributed by atoms with Crippen molar-refractivity contribution in [1.29, 1.82) is 0 Å². The number of benzene rings is 1. The fourth-order valence-electron chi connectivity index (χ4n) is 1.33. The van der Waals surface area contributed by atoms with Gasteiger partial charge in [0.25, 0.3) is 5.92 Å². The van der Waals surface area contributed by atoms with Crippen LogP contribution in [0.2, 0.25) is 0 Å². The first-order chi connectivity index (χ1) is 5.97. The smallest absolute Gasteiger partial charge is 0.285 e. The molecule has 3 heteroatoms. The molecule has 0 heterocycles. The van der Waals surface area contributed by atoms with E-state index in [9.17, 15) is 8.78 Å². The molecule has 0 amide bonds. The molecule has 13 heavy (non-hydrogen) atoms. The lowest BCUT2D eigenvalue weighted by atomic mass is 10.0. The normalized spacial score (nSPS) is 11.8. The molecule has 0 spiro atoms. The molecule has 0 unspecified atom stereocenters. The van der Waals surface area contributed by atoms with Crippen molar-refractivity contribution in [2.75, 3.05) is 6.54 Å². The average molecular weight is 185 g/mol. The molecule has 0 aromatic heterocycles. The Hall–Kier alpha value is -0.960. The second-order valence-corrected chi connectivity index (χ2v) is 3.23. The molecule has 0 aliphatic heterocycles. The third kappa shape index (κ3) is 2.04. The minimum absolute atomic E-state index is 0.0283. The highest BCUT2D eigenvalue weighted by Gasteiger charge is 2.30. The van der Waals surface area contributed by atoms with Crippen molar-refractivity contribution >= 4 is 0 Å². The highest BCUT2D eigenvalue weighted by atomic mass is 19.3. The number of aryl methyl sites for hydroxylation is 2. The van der Waals surface area contributed by atoms with E-state index in [4.69, 9.17) is 5.73 Å². The second-order valence-electron chi connectivity index (χ2n) is 3.23. The molecule has 0 radical (unpaired) electrons. The molecule has 1 rings (SSSR count). The van der Waals surface area contributed by atoms with Crippen LogP contribution in [0.25, 0.3) is 0 Å². The van der Waals surface area contributed by atoms with Crippen LogP contribution in [0.4, 0.5) is 8.78 Å². The summed E-state index contributed by atoms with van der Waals surface area (Å²) in [7, 11) is 0. The van der Waals surface area contributed by atoms with Crippen LogP contribution in [0.1, 0.15) is 16.7 Å². The van der Waals surface area contributed by atoms with E-state index in [1.54, 1.807) is 19.1 Å². The van der Waals surface area contributed by atoms with Crippen LogP contribution in [0.15, 0.2) is 18.2 Å². The van der Waals surface area contributed by atoms with Crippen LogP contribution in [0, 0.1) is 13.8 Å². The van der Waals surface area contributed by atoms with Gasteiger partial charge in [0.05, 0.1) is 6.54 Å². The quantitative estimate of drug-likeness (QED) is 0.752. The number of nitrogens with two attached hydrogens (primary N) is 1. The van der Waals surface area contributed by atoms with Crippen molar-refractivity contribution in [1.82, 2.24) is 0 Å². The molecule has 0 saturated heterocycles. The summed E-state index contributed by atoms with van der Waals surface area (Å²) in [5.41, 5.74) is 6.60. The van der Waals surface area contributed by atoms with E-state index in [1.807, 2.05) is 6.92 Å². The van der Waals surface area contributed by atoms with E-state index in [-0.39, 0.29) is 5.56 Å². The SMILES string of the molecule is Cc1ccc(C(F)(F)CN)c(C)c1. The van der Waals surface area contributed by atoms with Gasteiger partial charge in [0.1, 0.15) is 0 Å². The van der Waals surface area contributed by atoms with Crippen LogP contribution in [-0.4, -0.2) is 6.54 Å². The zero-order chi connectivity index (χ0) is 10.1. The summed E-state index contributed by atoms with van der Waals surface area (Å²) in [5.74, 6) is -2.90. The first-order valence-corrected chi connectivity index (χ1v) is 4.13. The lowest BCUT2D eigenvalue weighted by molar-refractivity contribution is 0.00532. The first-order valence-electron chi connectivity index (χ1n) is 4.13. The third-order valence-corrected chi connectivity index (χ3v) is 2.03. The van der Waals surface area contributed by atoms with Gasteiger partial charge >= 0.3 is 0 Å². The average Bonchev–Trinajstić information content (AvgIpc) is 2.03. The van der Waals surface area contributed by atoms with Gasteiger partial charge in [-0.2, -0.15) is 8.78 Å². The predicted molar refractivity (Wildman–Crippen MR) is 48.9 cm³/mol. The van der Waals surface area contributed by atoms with Gasteiger partial charge in [-0.05, 0) is 19.4 Å². The lowest BCUT2D eigenvalue weighted by Crippen LogP contribution is -2.26. The van der Waals surface area contributed by atoms with E-state index in [0.717, 1.165) is 5.56 Å². The van der Waals surface area contributed by atoms with Gasteiger partial charge in [-0.1, -0.05) is 23.8 Å². The highest BCUT2D eigenvalue weighted by molar-refractivity contribution is 5.33. The Labute approximate surface area is 76.6 Å². The van der Waals surface area contributed by atoms with E-state index in [2.05, 4.69) is 0 Å². The molecule has 1 nitrogen and oxygen atoms in total. The zero-order valence-electron chi connectivity index (χ0n) is 7.77. The molecular weight excluding hydrogens is 172 g/mol. The van der Waals surface area contributed by atoms with Gasteiger partial charge in [-0.3, -0.25) is 0 Å². The summed E-state index contributed by atoms with van der Waals surface area (Å²) < 4.78 is 26.3. The highest BCUT2D eigenvalue weighted by Crippen LogP contribution is 2.29. The summed E-state index contributed by atoms with van der Waals surface area (Å²) in [4.78, 5) is 0. The molecule has 1 aromatic rings. The van der Waals surface area contributed by atoms with Gasteiger partial charge in [0.15, 0.2) is 0 Å². The van der Waals surface area contributed by atoms with Crippen molar-refractivity contribution in [2.45, 2.75) is 19.8 Å². The van der Waals surface area contributed by atoms with Gasteiger partial charge in [-0.15, -0.1) is 0 Å². The molecule has 0 saturated carbocycles. The fourth-order valence-corrected chi connectivity index (χ4v) is 1.33. The van der Waals surface area contributed by atoms with Gasteiger partial charge in [0.2, 0.25) is 0 Å². The van der Waals surface area contributed by atoms with Crippen molar-refractivity contribution < 1.29 is 8.78 Å². The molecule has 0 fully saturated rings. The molecule has 2 N–H and O–H groups in total. The Bertz CT molecular complexity index is 308. The van der Waals surface area contributed by atoms with E-state index >= 15 is 0 Å². The van der Waals surface area contributed by atoms with E-state index in [1.165, 1.54) is 6.07 Å². The summed E-state index contributed by atoms with van der Waals surface area (Å²) in [6.45, 7) is 2.90. The first kappa shape index (κ1) is 10.1. The minimum Gasteiger partial charge on any atom is -0.325 e. The summed E-state index contributed by atoms with van der Waals surface area (Å²) >= 11 is 0. The number of rotatable bonds is 2. The molecule has 0 bridgehead atoms. The minimum atomic E-state index is -2.90. The maximum Gasteiger partial charge on any atom is 0.285 e. The zero-order valence-corrected chi connectivity index (χ0v) is 7.77. The Morgan fingerprint density at radius 2 is 1.92 bits per heavy atom. The second kappa shape index (κ2) is 3.42. The Kier molecular flexibility index (Phi) is 2.66. The summed E-state index contributed by atoms with van der Waals surface area (Å²) in [6, 6.07) is 4.85. The lowest BCUT2D eigenvalue weighted by Gasteiger charge is -2.16. The number of hydrogen-bond acceptors (Lipinski definition) is 1. The Morgan fingerprint density at radius 3 is 2.38 bits per heavy atom. The Balaban J connectivity index is 3.16. The van der Waals surface area contributed by atoms with Crippen molar-refractivity contribution in [3.05, 3.63) is 34.9 Å². The summed E-state index contributed by atoms with van der Waals surface area (Å²) in [5, 5.41) is 0. The van der Waals surface area contributed by atoms with Crippen LogP contribution < -0.4 is 5.73 Å². The predicted octanol–water partition coefficient (Wildman–Crippen LogP) is 2.35. The number of alkyl halides is 2. The largest absolute Gasteiger partial charge is 0.325 e. The van der Waals surface area contributed by atoms with Crippen LogP contribution in [-0.2, 0) is 5.92 Å². The van der Waals surface area contributed by atoms with Crippen LogP contribution in [0.5, 0.6) is 0 Å². The Morgan fingerprint density at radius 1 is 1.31 bits per heavy atom. The molecular formula is C10H13F2N. The molecule has 0 aliphatic carbocycles. The van der Waals surface area contributed by atoms with E-state index in [0.29, 0.717) is 5.56 Å². The molecule has 0 atom stereocenters. The monoisotopic (exact) mass is 185 g/mol. The molecule has 1 aromatic carbocycles.